The Morgan fingerprint density at radius 3 is 2.34 bits per heavy atom. The molecule has 0 radical (unpaired) electrons. The predicted molar refractivity (Wildman–Crippen MR) is 126 cm³/mol. The van der Waals surface area contributed by atoms with E-state index < -0.39 is 5.97 Å². The fourth-order valence-electron chi connectivity index (χ4n) is 5.09. The molecule has 166 valence electrons. The van der Waals surface area contributed by atoms with E-state index in [4.69, 9.17) is 14.6 Å². The molecule has 32 heavy (non-hydrogen) atoms. The second-order valence-corrected chi connectivity index (χ2v) is 8.88. The van der Waals surface area contributed by atoms with E-state index in [1.807, 2.05) is 18.2 Å². The van der Waals surface area contributed by atoms with Gasteiger partial charge < -0.3 is 14.6 Å². The molecule has 0 amide bonds. The highest BCUT2D eigenvalue weighted by Crippen LogP contribution is 2.44. The molecule has 1 N–H and O–H groups in total. The van der Waals surface area contributed by atoms with E-state index in [2.05, 4.69) is 37.3 Å². The van der Waals surface area contributed by atoms with Crippen LogP contribution in [0.3, 0.4) is 0 Å². The second-order valence-electron chi connectivity index (χ2n) is 8.88. The molecule has 4 rings (SSSR count). The van der Waals surface area contributed by atoms with Crippen molar-refractivity contribution < 1.29 is 19.4 Å². The third-order valence-electron chi connectivity index (χ3n) is 6.71. The van der Waals surface area contributed by atoms with Crippen molar-refractivity contribution in [2.45, 2.75) is 44.4 Å². The van der Waals surface area contributed by atoms with E-state index in [1.165, 1.54) is 22.3 Å². The molecule has 0 fully saturated rings. The number of benzene rings is 3. The monoisotopic (exact) mass is 430 g/mol. The minimum Gasteiger partial charge on any atom is -0.493 e. The molecular weight excluding hydrogens is 400 g/mol. The van der Waals surface area contributed by atoms with Gasteiger partial charge in [0, 0.05) is 0 Å². The van der Waals surface area contributed by atoms with Gasteiger partial charge in [0.1, 0.15) is 0 Å². The molecule has 0 heterocycles. The lowest BCUT2D eigenvalue weighted by molar-refractivity contribution is 0.0697. The molecule has 0 saturated heterocycles. The van der Waals surface area contributed by atoms with Crippen LogP contribution >= 0.6 is 0 Å². The molecule has 3 aromatic carbocycles. The van der Waals surface area contributed by atoms with Crippen LogP contribution in [0.1, 0.15) is 51.5 Å². The van der Waals surface area contributed by atoms with Crippen molar-refractivity contribution >= 4 is 5.97 Å². The average molecular weight is 431 g/mol. The van der Waals surface area contributed by atoms with Crippen molar-refractivity contribution in [2.75, 3.05) is 14.2 Å². The zero-order valence-corrected chi connectivity index (χ0v) is 19.0. The molecule has 0 saturated carbocycles. The van der Waals surface area contributed by atoms with Gasteiger partial charge in [0.2, 0.25) is 0 Å². The van der Waals surface area contributed by atoms with Crippen LogP contribution in [0.15, 0.2) is 60.7 Å². The Morgan fingerprint density at radius 2 is 1.66 bits per heavy atom. The van der Waals surface area contributed by atoms with Crippen LogP contribution in [0.4, 0.5) is 0 Å². The van der Waals surface area contributed by atoms with E-state index in [1.54, 1.807) is 26.4 Å². The number of aromatic carboxylic acids is 1. The van der Waals surface area contributed by atoms with Gasteiger partial charge in [0.05, 0.1) is 19.8 Å². The molecule has 3 aromatic rings. The molecule has 0 aromatic heterocycles. The van der Waals surface area contributed by atoms with Gasteiger partial charge in [-0.25, -0.2) is 4.79 Å². The smallest absolute Gasteiger partial charge is 0.335 e. The number of aryl methyl sites for hydroxylation is 3. The molecule has 0 bridgehead atoms. The maximum absolute atomic E-state index is 11.1. The van der Waals surface area contributed by atoms with E-state index in [-0.39, 0.29) is 5.41 Å². The lowest BCUT2D eigenvalue weighted by Gasteiger charge is -2.28. The normalized spacial score (nSPS) is 17.1. The van der Waals surface area contributed by atoms with Crippen molar-refractivity contribution in [1.29, 1.82) is 0 Å². The van der Waals surface area contributed by atoms with E-state index in [0.29, 0.717) is 5.56 Å². The summed E-state index contributed by atoms with van der Waals surface area (Å²) in [5, 5.41) is 9.12. The maximum Gasteiger partial charge on any atom is 0.335 e. The maximum atomic E-state index is 11.1. The summed E-state index contributed by atoms with van der Waals surface area (Å²) in [6.07, 6.45) is 5.01. The Labute approximate surface area is 189 Å². The quantitative estimate of drug-likeness (QED) is 0.503. The van der Waals surface area contributed by atoms with Gasteiger partial charge in [0.25, 0.3) is 0 Å². The van der Waals surface area contributed by atoms with Crippen LogP contribution in [-0.2, 0) is 31.1 Å². The largest absolute Gasteiger partial charge is 0.493 e. The number of hydrogen-bond acceptors (Lipinski definition) is 3. The van der Waals surface area contributed by atoms with Crippen LogP contribution in [0.25, 0.3) is 0 Å². The van der Waals surface area contributed by atoms with Crippen LogP contribution in [0.2, 0.25) is 0 Å². The summed E-state index contributed by atoms with van der Waals surface area (Å²) in [6, 6.07) is 20.1. The first kappa shape index (κ1) is 21.9. The minimum atomic E-state index is -0.886. The molecule has 4 nitrogen and oxygen atoms in total. The first-order valence-corrected chi connectivity index (χ1v) is 11.1. The fraction of sp³-hybridized carbons (Fsp3) is 0.321. The Morgan fingerprint density at radius 1 is 0.938 bits per heavy atom. The Balaban J connectivity index is 1.57. The Kier molecular flexibility index (Phi) is 6.22. The summed E-state index contributed by atoms with van der Waals surface area (Å²) in [4.78, 5) is 11.1. The molecule has 0 aliphatic heterocycles. The average Bonchev–Trinajstić information content (AvgIpc) is 3.14. The molecule has 0 spiro atoms. The number of ether oxygens (including phenoxy) is 2. The first-order valence-electron chi connectivity index (χ1n) is 11.1. The summed E-state index contributed by atoms with van der Waals surface area (Å²) in [5.41, 5.74) is 7.13. The number of hydrogen-bond donors (Lipinski definition) is 1. The van der Waals surface area contributed by atoms with Gasteiger partial charge in [-0.3, -0.25) is 0 Å². The van der Waals surface area contributed by atoms with Crippen molar-refractivity contribution in [3.8, 4) is 11.5 Å². The third kappa shape index (κ3) is 4.36. The molecule has 1 atom stereocenters. The summed E-state index contributed by atoms with van der Waals surface area (Å²) < 4.78 is 10.9. The summed E-state index contributed by atoms with van der Waals surface area (Å²) >= 11 is 0. The van der Waals surface area contributed by atoms with Gasteiger partial charge in [-0.1, -0.05) is 43.3 Å². The van der Waals surface area contributed by atoms with Crippen LogP contribution in [-0.4, -0.2) is 25.3 Å². The third-order valence-corrected chi connectivity index (χ3v) is 6.71. The Bertz CT molecular complexity index is 1120. The number of fused-ring (bicyclic) bond motifs is 1. The zero-order chi connectivity index (χ0) is 22.7. The van der Waals surface area contributed by atoms with Crippen molar-refractivity contribution in [2.24, 2.45) is 0 Å². The van der Waals surface area contributed by atoms with E-state index in [0.717, 1.165) is 49.2 Å². The highest BCUT2D eigenvalue weighted by molar-refractivity contribution is 5.87. The summed E-state index contributed by atoms with van der Waals surface area (Å²) in [7, 11) is 3.34. The number of rotatable bonds is 8. The van der Waals surface area contributed by atoms with Crippen LogP contribution < -0.4 is 9.47 Å². The van der Waals surface area contributed by atoms with Crippen molar-refractivity contribution in [3.05, 3.63) is 94.0 Å². The second kappa shape index (κ2) is 9.07. The first-order chi connectivity index (χ1) is 15.4. The Hall–Kier alpha value is -3.27. The van der Waals surface area contributed by atoms with Gasteiger partial charge in [-0.2, -0.15) is 0 Å². The number of carboxylic acids is 1. The van der Waals surface area contributed by atoms with Gasteiger partial charge in [-0.05, 0) is 89.6 Å². The molecule has 1 aliphatic rings. The van der Waals surface area contributed by atoms with Crippen molar-refractivity contribution in [1.82, 2.24) is 0 Å². The number of carbonyl (C=O) groups is 1. The minimum absolute atomic E-state index is 0.0681. The topological polar surface area (TPSA) is 55.8 Å². The highest BCUT2D eigenvalue weighted by atomic mass is 16.5. The standard InChI is InChI=1S/C28H30O4/c1-28(18-20-10-14-24(31-2)25(17-20)32-3)16-15-22-6-4-5-21(26(22)28)11-7-19-8-12-23(13-9-19)27(29)30/h4-6,8-10,12-14,17H,7,11,15-16,18H2,1-3H3,(H,29,30)/t28-/m1/s1. The summed E-state index contributed by atoms with van der Waals surface area (Å²) in [6.45, 7) is 2.38. The molecule has 1 aliphatic carbocycles. The van der Waals surface area contributed by atoms with E-state index in [9.17, 15) is 4.79 Å². The highest BCUT2D eigenvalue weighted by Gasteiger charge is 2.36. The fourth-order valence-corrected chi connectivity index (χ4v) is 5.09. The predicted octanol–water partition coefficient (Wildman–Crippen LogP) is 5.63. The SMILES string of the molecule is COc1ccc(C[C@@]2(C)CCc3cccc(CCc4ccc(C(=O)O)cc4)c32)cc1OC. The van der Waals surface area contributed by atoms with Crippen LogP contribution in [0.5, 0.6) is 11.5 Å². The molecule has 0 unspecified atom stereocenters. The van der Waals surface area contributed by atoms with Gasteiger partial charge >= 0.3 is 5.97 Å². The molecular formula is C28H30O4. The number of carboxylic acid groups (broad SMARTS) is 1. The van der Waals surface area contributed by atoms with Crippen molar-refractivity contribution in [3.63, 3.8) is 0 Å². The lowest BCUT2D eigenvalue weighted by Crippen LogP contribution is -2.23. The van der Waals surface area contributed by atoms with Crippen LogP contribution in [0, 0.1) is 0 Å². The summed E-state index contributed by atoms with van der Waals surface area (Å²) in [5.74, 6) is 0.635. The number of methoxy groups -OCH3 is 2. The van der Waals surface area contributed by atoms with E-state index >= 15 is 0 Å². The van der Waals surface area contributed by atoms with Gasteiger partial charge in [0.15, 0.2) is 11.5 Å². The molecule has 4 heteroatoms. The lowest BCUT2D eigenvalue weighted by atomic mass is 9.76. The van der Waals surface area contributed by atoms with Gasteiger partial charge in [-0.15, -0.1) is 0 Å². The zero-order valence-electron chi connectivity index (χ0n) is 19.0.